The van der Waals surface area contributed by atoms with Crippen LogP contribution in [0.25, 0.3) is 49.1 Å². The summed E-state index contributed by atoms with van der Waals surface area (Å²) < 4.78 is 2.30. The van der Waals surface area contributed by atoms with Crippen LogP contribution in [-0.4, -0.2) is 9.38 Å². The van der Waals surface area contributed by atoms with Crippen LogP contribution in [0.2, 0.25) is 0 Å². The summed E-state index contributed by atoms with van der Waals surface area (Å²) in [5.41, 5.74) is 4.31. The van der Waals surface area contributed by atoms with Gasteiger partial charge >= 0.3 is 0 Å². The lowest BCUT2D eigenvalue weighted by molar-refractivity contribution is 1.32. The second-order valence-corrected chi connectivity index (χ2v) is 14.4. The highest BCUT2D eigenvalue weighted by atomic mass is 32.4. The summed E-state index contributed by atoms with van der Waals surface area (Å²) in [6.07, 6.45) is 0. The lowest BCUT2D eigenvalue weighted by Gasteiger charge is -2.24. The van der Waals surface area contributed by atoms with Gasteiger partial charge in [-0.1, -0.05) is 121 Å². The molecule has 8 rings (SSSR count). The number of rotatable bonds is 3. The van der Waals surface area contributed by atoms with Crippen LogP contribution in [0.3, 0.4) is 0 Å². The summed E-state index contributed by atoms with van der Waals surface area (Å²) in [4.78, 5) is 5.09. The quantitative estimate of drug-likeness (QED) is 0.171. The summed E-state index contributed by atoms with van der Waals surface area (Å²) >= 11 is 6.64. The van der Waals surface area contributed by atoms with Crippen molar-refractivity contribution in [1.29, 1.82) is 0 Å². The molecule has 0 spiro atoms. The number of aromatic nitrogens is 2. The number of fused-ring (bicyclic) bond motifs is 10. The fourth-order valence-electron chi connectivity index (χ4n) is 6.04. The summed E-state index contributed by atoms with van der Waals surface area (Å²) in [5, 5.41) is 9.69. The molecule has 39 heavy (non-hydrogen) atoms. The molecule has 2 nitrogen and oxygen atoms in total. The van der Waals surface area contributed by atoms with Gasteiger partial charge in [-0.15, -0.1) is 0 Å². The largest absolute Gasteiger partial charge is 0.292 e. The van der Waals surface area contributed by atoms with Gasteiger partial charge in [-0.3, -0.25) is 4.40 Å². The van der Waals surface area contributed by atoms with E-state index in [1.165, 1.54) is 43.0 Å². The first-order chi connectivity index (χ1) is 19.2. The Morgan fingerprint density at radius 3 is 1.87 bits per heavy atom. The number of para-hydroxylation sites is 3. The van der Waals surface area contributed by atoms with Crippen molar-refractivity contribution < 1.29 is 0 Å². The minimum atomic E-state index is -2.23. The molecule has 0 aliphatic rings. The number of hydrogen-bond acceptors (Lipinski definition) is 2. The van der Waals surface area contributed by atoms with Crippen molar-refractivity contribution in [1.82, 2.24) is 9.38 Å². The third-order valence-corrected chi connectivity index (χ3v) is 12.8. The van der Waals surface area contributed by atoms with Crippen LogP contribution in [0.15, 0.2) is 140 Å². The van der Waals surface area contributed by atoms with E-state index >= 15 is 0 Å². The second kappa shape index (κ2) is 8.61. The standard InChI is InChI=1S/C35H23N2PS/c39-38(25-11-3-1-4-12-25,26-13-5-2-6-14-26)27-20-22-28-24(23-27)19-21-30-34(28)29-15-7-9-17-32(29)37-33-18-10-8-16-31(33)36-35(30)37/h1-23H. The van der Waals surface area contributed by atoms with Gasteiger partial charge in [-0.2, -0.15) is 0 Å². The zero-order valence-electron chi connectivity index (χ0n) is 21.0. The average Bonchev–Trinajstić information content (AvgIpc) is 3.41. The van der Waals surface area contributed by atoms with E-state index in [0.29, 0.717) is 0 Å². The molecule has 0 unspecified atom stereocenters. The Morgan fingerprint density at radius 2 is 1.13 bits per heavy atom. The Labute approximate surface area is 231 Å². The number of benzene rings is 6. The summed E-state index contributed by atoms with van der Waals surface area (Å²) in [6.45, 7) is 0. The van der Waals surface area contributed by atoms with Crippen LogP contribution >= 0.6 is 6.04 Å². The Hall–Kier alpha value is -4.30. The van der Waals surface area contributed by atoms with Gasteiger partial charge in [0.05, 0.1) is 16.6 Å². The molecule has 0 radical (unpaired) electrons. The summed E-state index contributed by atoms with van der Waals surface area (Å²) in [5.74, 6) is 0. The third-order valence-electron chi connectivity index (χ3n) is 7.82. The highest BCUT2D eigenvalue weighted by Gasteiger charge is 2.25. The number of hydrogen-bond donors (Lipinski definition) is 0. The van der Waals surface area contributed by atoms with Gasteiger partial charge in [0.2, 0.25) is 0 Å². The van der Waals surface area contributed by atoms with Crippen molar-refractivity contribution in [2.45, 2.75) is 0 Å². The molecule has 0 saturated heterocycles. The monoisotopic (exact) mass is 534 g/mol. The van der Waals surface area contributed by atoms with E-state index in [0.717, 1.165) is 22.1 Å². The van der Waals surface area contributed by atoms with Crippen molar-refractivity contribution in [3.63, 3.8) is 0 Å². The number of nitrogens with zero attached hydrogens (tertiary/aromatic N) is 2. The molecule has 0 aliphatic heterocycles. The molecule has 184 valence electrons. The predicted molar refractivity (Wildman–Crippen MR) is 171 cm³/mol. The van der Waals surface area contributed by atoms with Crippen LogP contribution in [0.5, 0.6) is 0 Å². The molecule has 0 aliphatic carbocycles. The first kappa shape index (κ1) is 22.7. The molecule has 0 bridgehead atoms. The van der Waals surface area contributed by atoms with Crippen molar-refractivity contribution in [3.8, 4) is 0 Å². The Balaban J connectivity index is 1.47. The lowest BCUT2D eigenvalue weighted by Crippen LogP contribution is -2.24. The van der Waals surface area contributed by atoms with Gasteiger partial charge in [-0.25, -0.2) is 4.98 Å². The van der Waals surface area contributed by atoms with Crippen molar-refractivity contribution in [2.75, 3.05) is 0 Å². The molecule has 2 heterocycles. The molecule has 0 amide bonds. The van der Waals surface area contributed by atoms with Crippen molar-refractivity contribution in [2.24, 2.45) is 0 Å². The third kappa shape index (κ3) is 3.27. The molecule has 6 aromatic carbocycles. The van der Waals surface area contributed by atoms with Crippen LogP contribution in [-0.2, 0) is 11.8 Å². The minimum Gasteiger partial charge on any atom is -0.292 e. The van der Waals surface area contributed by atoms with Crippen molar-refractivity contribution >= 4 is 82.9 Å². The van der Waals surface area contributed by atoms with Gasteiger partial charge in [0.15, 0.2) is 0 Å². The van der Waals surface area contributed by atoms with Gasteiger partial charge < -0.3 is 0 Å². The molecule has 2 aromatic heterocycles. The maximum absolute atomic E-state index is 6.64. The maximum atomic E-state index is 6.64. The average molecular weight is 535 g/mol. The Kier molecular flexibility index (Phi) is 5.00. The smallest absolute Gasteiger partial charge is 0.146 e. The molecule has 0 saturated carbocycles. The molecule has 8 aromatic rings. The summed E-state index contributed by atoms with van der Waals surface area (Å²) in [7, 11) is 0. The van der Waals surface area contributed by atoms with E-state index in [9.17, 15) is 0 Å². The van der Waals surface area contributed by atoms with Crippen molar-refractivity contribution in [3.05, 3.63) is 140 Å². The first-order valence-corrected chi connectivity index (χ1v) is 15.9. The predicted octanol–water partition coefficient (Wildman–Crippen LogP) is 7.70. The SMILES string of the molecule is S=P(c1ccccc1)(c1ccccc1)c1ccc2c(ccc3c2c2ccccc2n2c4ccccc4nc32)c1. The Morgan fingerprint density at radius 1 is 0.513 bits per heavy atom. The van der Waals surface area contributed by atoms with Gasteiger partial charge in [-0.05, 0) is 57.0 Å². The molecule has 0 atom stereocenters. The van der Waals surface area contributed by atoms with Gasteiger partial charge in [0, 0.05) is 22.2 Å². The molecule has 0 N–H and O–H groups in total. The maximum Gasteiger partial charge on any atom is 0.146 e. The van der Waals surface area contributed by atoms with E-state index in [1.54, 1.807) is 0 Å². The van der Waals surface area contributed by atoms with E-state index in [2.05, 4.69) is 144 Å². The van der Waals surface area contributed by atoms with Crippen LogP contribution in [0, 0.1) is 0 Å². The van der Waals surface area contributed by atoms with Crippen LogP contribution < -0.4 is 15.9 Å². The van der Waals surface area contributed by atoms with E-state index < -0.39 is 6.04 Å². The topological polar surface area (TPSA) is 17.3 Å². The number of pyridine rings is 1. The number of imidazole rings is 1. The molecule has 4 heteroatoms. The molecular weight excluding hydrogens is 511 g/mol. The minimum absolute atomic E-state index is 0.995. The van der Waals surface area contributed by atoms with E-state index in [4.69, 9.17) is 16.8 Å². The highest BCUT2D eigenvalue weighted by Crippen LogP contribution is 2.44. The van der Waals surface area contributed by atoms with E-state index in [-0.39, 0.29) is 0 Å². The van der Waals surface area contributed by atoms with Gasteiger partial charge in [0.1, 0.15) is 5.65 Å². The van der Waals surface area contributed by atoms with E-state index in [1.807, 2.05) is 0 Å². The fraction of sp³-hybridized carbons (Fsp3) is 0. The fourth-order valence-corrected chi connectivity index (χ4v) is 9.80. The highest BCUT2D eigenvalue weighted by molar-refractivity contribution is 8.25. The van der Waals surface area contributed by atoms with Crippen LogP contribution in [0.1, 0.15) is 0 Å². The Bertz CT molecular complexity index is 2210. The summed E-state index contributed by atoms with van der Waals surface area (Å²) in [6, 6.07) is 47.4. The lowest BCUT2D eigenvalue weighted by atomic mass is 9.99. The second-order valence-electron chi connectivity index (χ2n) is 9.95. The molecular formula is C35H23N2PS. The zero-order chi connectivity index (χ0) is 26.0. The van der Waals surface area contributed by atoms with Gasteiger partial charge in [0.25, 0.3) is 0 Å². The first-order valence-electron chi connectivity index (χ1n) is 13.1. The zero-order valence-corrected chi connectivity index (χ0v) is 22.7. The van der Waals surface area contributed by atoms with Crippen LogP contribution in [0.4, 0.5) is 0 Å². The normalized spacial score (nSPS) is 12.2. The molecule has 0 fully saturated rings.